The quantitative estimate of drug-likeness (QED) is 0.390. The summed E-state index contributed by atoms with van der Waals surface area (Å²) in [6, 6.07) is 16.8. The molecular weight excluding hydrogens is 391 g/mol. The number of anilines is 1. The molecule has 0 radical (unpaired) electrons. The lowest BCUT2D eigenvalue weighted by atomic mass is 10.0. The number of nitrogens with zero attached hydrogens (tertiary/aromatic N) is 1. The fourth-order valence-corrected chi connectivity index (χ4v) is 3.02. The average Bonchev–Trinajstić information content (AvgIpc) is 2.75. The van der Waals surface area contributed by atoms with Gasteiger partial charge in [0.2, 0.25) is 11.3 Å². The largest absolute Gasteiger partial charge is 0.439 e. The van der Waals surface area contributed by atoms with Crippen LogP contribution in [0, 0.1) is 15.9 Å². The van der Waals surface area contributed by atoms with Crippen molar-refractivity contribution in [3.05, 3.63) is 105 Å². The van der Waals surface area contributed by atoms with Crippen LogP contribution in [-0.4, -0.2) is 10.8 Å². The number of nitro groups is 1. The Bertz CT molecular complexity index is 1330. The summed E-state index contributed by atoms with van der Waals surface area (Å²) in [6.07, 6.45) is 0. The number of rotatable bonds is 4. The van der Waals surface area contributed by atoms with Crippen molar-refractivity contribution in [1.29, 1.82) is 0 Å². The smallest absolute Gasteiger partial charge is 0.269 e. The Morgan fingerprint density at radius 1 is 0.967 bits per heavy atom. The molecule has 0 spiro atoms. The van der Waals surface area contributed by atoms with E-state index in [1.54, 1.807) is 24.3 Å². The maximum atomic E-state index is 13.4. The van der Waals surface area contributed by atoms with Gasteiger partial charge in [-0.25, -0.2) is 4.39 Å². The molecule has 148 valence electrons. The maximum absolute atomic E-state index is 13.4. The molecule has 0 unspecified atom stereocenters. The van der Waals surface area contributed by atoms with E-state index in [1.807, 2.05) is 0 Å². The number of nitro benzene ring substituents is 1. The van der Waals surface area contributed by atoms with Gasteiger partial charge in [0.25, 0.3) is 11.6 Å². The summed E-state index contributed by atoms with van der Waals surface area (Å²) in [6.45, 7) is 0. The molecule has 0 fully saturated rings. The molecule has 4 aromatic rings. The predicted octanol–water partition coefficient (Wildman–Crippen LogP) is 4.76. The van der Waals surface area contributed by atoms with Gasteiger partial charge in [-0.05, 0) is 42.0 Å². The van der Waals surface area contributed by atoms with Crippen molar-refractivity contribution in [2.45, 2.75) is 0 Å². The Morgan fingerprint density at radius 2 is 1.63 bits per heavy atom. The first-order chi connectivity index (χ1) is 14.4. The SMILES string of the molecule is O=C(Nc1oc2ccccc2c(=O)c1-c1ccc(F)cc1)c1ccc([N+](=O)[O-])cc1. The molecule has 1 aromatic heterocycles. The van der Waals surface area contributed by atoms with Crippen molar-refractivity contribution in [3.63, 3.8) is 0 Å². The number of benzene rings is 3. The highest BCUT2D eigenvalue weighted by Gasteiger charge is 2.19. The van der Waals surface area contributed by atoms with E-state index in [9.17, 15) is 24.1 Å². The van der Waals surface area contributed by atoms with E-state index >= 15 is 0 Å². The van der Waals surface area contributed by atoms with Crippen LogP contribution >= 0.6 is 0 Å². The summed E-state index contributed by atoms with van der Waals surface area (Å²) in [5.41, 5.74) is 0.311. The van der Waals surface area contributed by atoms with E-state index in [-0.39, 0.29) is 33.7 Å². The Hall–Kier alpha value is -4.33. The van der Waals surface area contributed by atoms with E-state index < -0.39 is 16.6 Å². The van der Waals surface area contributed by atoms with Crippen molar-refractivity contribution < 1.29 is 18.5 Å². The van der Waals surface area contributed by atoms with Gasteiger partial charge >= 0.3 is 0 Å². The molecule has 30 heavy (non-hydrogen) atoms. The molecule has 3 aromatic carbocycles. The maximum Gasteiger partial charge on any atom is 0.269 e. The van der Waals surface area contributed by atoms with E-state index in [0.29, 0.717) is 10.9 Å². The minimum atomic E-state index is -0.619. The average molecular weight is 404 g/mol. The number of non-ortho nitro benzene ring substituents is 1. The highest BCUT2D eigenvalue weighted by molar-refractivity contribution is 6.06. The number of hydrogen-bond acceptors (Lipinski definition) is 5. The second-order valence-corrected chi connectivity index (χ2v) is 6.40. The van der Waals surface area contributed by atoms with Crippen LogP contribution in [0.15, 0.2) is 82.0 Å². The second-order valence-electron chi connectivity index (χ2n) is 6.40. The third-order valence-electron chi connectivity index (χ3n) is 4.50. The topological polar surface area (TPSA) is 102 Å². The summed E-state index contributed by atoms with van der Waals surface area (Å²) < 4.78 is 19.1. The Balaban J connectivity index is 1.81. The van der Waals surface area contributed by atoms with E-state index in [1.165, 1.54) is 48.5 Å². The number of carbonyl (C=O) groups is 1. The van der Waals surface area contributed by atoms with Crippen molar-refractivity contribution in [2.75, 3.05) is 5.32 Å². The van der Waals surface area contributed by atoms with E-state index in [2.05, 4.69) is 5.32 Å². The molecule has 0 aliphatic rings. The van der Waals surface area contributed by atoms with Gasteiger partial charge in [0.05, 0.1) is 15.9 Å². The highest BCUT2D eigenvalue weighted by atomic mass is 19.1. The van der Waals surface area contributed by atoms with Crippen LogP contribution in [0.2, 0.25) is 0 Å². The fraction of sp³-hybridized carbons (Fsp3) is 0. The lowest BCUT2D eigenvalue weighted by Gasteiger charge is -2.11. The van der Waals surface area contributed by atoms with Crippen LogP contribution in [0.4, 0.5) is 16.0 Å². The zero-order valence-corrected chi connectivity index (χ0v) is 15.3. The molecule has 0 saturated carbocycles. The number of para-hydroxylation sites is 1. The first-order valence-electron chi connectivity index (χ1n) is 8.81. The number of hydrogen-bond donors (Lipinski definition) is 1. The summed E-state index contributed by atoms with van der Waals surface area (Å²) in [7, 11) is 0. The van der Waals surface area contributed by atoms with Crippen molar-refractivity contribution in [2.24, 2.45) is 0 Å². The monoisotopic (exact) mass is 404 g/mol. The summed E-state index contributed by atoms with van der Waals surface area (Å²) >= 11 is 0. The van der Waals surface area contributed by atoms with Gasteiger partial charge in [0.15, 0.2) is 0 Å². The lowest BCUT2D eigenvalue weighted by molar-refractivity contribution is -0.384. The fourth-order valence-electron chi connectivity index (χ4n) is 3.02. The number of halogens is 1. The van der Waals surface area contributed by atoms with Crippen LogP contribution in [0.3, 0.4) is 0 Å². The molecule has 4 rings (SSSR count). The van der Waals surface area contributed by atoms with Gasteiger partial charge in [-0.3, -0.25) is 25.0 Å². The summed E-state index contributed by atoms with van der Waals surface area (Å²) in [5, 5.41) is 13.7. The first-order valence-corrected chi connectivity index (χ1v) is 8.81. The molecule has 7 nitrogen and oxygen atoms in total. The highest BCUT2D eigenvalue weighted by Crippen LogP contribution is 2.29. The molecule has 1 N–H and O–H groups in total. The van der Waals surface area contributed by atoms with Crippen molar-refractivity contribution in [1.82, 2.24) is 0 Å². The molecule has 0 saturated heterocycles. The van der Waals surface area contributed by atoms with Gasteiger partial charge in [0, 0.05) is 17.7 Å². The van der Waals surface area contributed by atoms with Gasteiger partial charge in [0.1, 0.15) is 11.4 Å². The number of amides is 1. The third kappa shape index (κ3) is 3.53. The molecular formula is C22H13FN2O5. The van der Waals surface area contributed by atoms with Crippen LogP contribution < -0.4 is 10.7 Å². The number of fused-ring (bicyclic) bond motifs is 1. The zero-order valence-electron chi connectivity index (χ0n) is 15.3. The van der Waals surface area contributed by atoms with Crippen LogP contribution in [-0.2, 0) is 0 Å². The third-order valence-corrected chi connectivity index (χ3v) is 4.50. The van der Waals surface area contributed by atoms with Crippen molar-refractivity contribution in [3.8, 4) is 11.1 Å². The standard InChI is InChI=1S/C22H13FN2O5/c23-15-9-5-13(6-10-15)19-20(26)17-3-1-2-4-18(17)30-22(19)24-21(27)14-7-11-16(12-8-14)25(28)29/h1-12H,(H,24,27). The lowest BCUT2D eigenvalue weighted by Crippen LogP contribution is -2.16. The minimum Gasteiger partial charge on any atom is -0.439 e. The molecule has 0 atom stereocenters. The van der Waals surface area contributed by atoms with Crippen LogP contribution in [0.5, 0.6) is 0 Å². The molecule has 1 heterocycles. The van der Waals surface area contributed by atoms with E-state index in [4.69, 9.17) is 4.42 Å². The van der Waals surface area contributed by atoms with E-state index in [0.717, 1.165) is 0 Å². The molecule has 1 amide bonds. The second kappa shape index (κ2) is 7.59. The number of nitrogens with one attached hydrogen (secondary N) is 1. The van der Waals surface area contributed by atoms with Crippen molar-refractivity contribution >= 4 is 28.4 Å². The van der Waals surface area contributed by atoms with Gasteiger partial charge in [-0.1, -0.05) is 24.3 Å². The van der Waals surface area contributed by atoms with Crippen LogP contribution in [0.1, 0.15) is 10.4 Å². The Morgan fingerprint density at radius 3 is 2.30 bits per heavy atom. The van der Waals surface area contributed by atoms with Crippen LogP contribution in [0.25, 0.3) is 22.1 Å². The normalized spacial score (nSPS) is 10.7. The summed E-state index contributed by atoms with van der Waals surface area (Å²) in [5.74, 6) is -1.19. The Kier molecular flexibility index (Phi) is 4.81. The van der Waals surface area contributed by atoms with Gasteiger partial charge in [-0.15, -0.1) is 0 Å². The first kappa shape index (κ1) is 19.0. The molecule has 0 aliphatic heterocycles. The van der Waals surface area contributed by atoms with Gasteiger partial charge < -0.3 is 4.42 Å². The molecule has 0 bridgehead atoms. The molecule has 0 aliphatic carbocycles. The Labute approximate surface area is 168 Å². The predicted molar refractivity (Wildman–Crippen MR) is 109 cm³/mol. The zero-order chi connectivity index (χ0) is 21.3. The minimum absolute atomic E-state index is 0.0731. The molecule has 8 heteroatoms. The summed E-state index contributed by atoms with van der Waals surface area (Å²) in [4.78, 5) is 36.0. The number of carbonyl (C=O) groups excluding carboxylic acids is 1. The van der Waals surface area contributed by atoms with Gasteiger partial charge in [-0.2, -0.15) is 0 Å².